The molecular formula is C12H7NO. The Morgan fingerprint density at radius 2 is 2.00 bits per heavy atom. The predicted octanol–water partition coefficient (Wildman–Crippen LogP) is 3.14. The number of para-hydroxylation sites is 2. The van der Waals surface area contributed by atoms with Crippen LogP contribution in [-0.4, -0.2) is 0 Å². The number of hydrogen-bond donors (Lipinski definition) is 1. The van der Waals surface area contributed by atoms with Crippen LogP contribution in [0.25, 0.3) is 0 Å². The topological polar surface area (TPSA) is 21.3 Å². The molecule has 0 fully saturated rings. The van der Waals surface area contributed by atoms with Crippen molar-refractivity contribution in [2.75, 3.05) is 5.32 Å². The summed E-state index contributed by atoms with van der Waals surface area (Å²) in [7, 11) is 0. The van der Waals surface area contributed by atoms with E-state index in [1.807, 2.05) is 30.3 Å². The minimum atomic E-state index is 0.794. The average Bonchev–Trinajstić information content (AvgIpc) is 2.26. The second-order valence-corrected chi connectivity index (χ2v) is 3.07. The van der Waals surface area contributed by atoms with E-state index in [1.54, 1.807) is 6.07 Å². The van der Waals surface area contributed by atoms with Crippen LogP contribution in [0.5, 0.6) is 11.5 Å². The van der Waals surface area contributed by atoms with Gasteiger partial charge in [-0.2, -0.15) is 0 Å². The van der Waals surface area contributed by atoms with Crippen molar-refractivity contribution in [1.82, 2.24) is 0 Å². The normalized spacial score (nSPS) is 12.0. The summed E-state index contributed by atoms with van der Waals surface area (Å²) in [6.07, 6.45) is 0. The SMILES string of the molecule is [c]1[c]c2c(cc1)Oc1ccccc1N2. The number of rotatable bonds is 0. The van der Waals surface area contributed by atoms with Crippen molar-refractivity contribution in [1.29, 1.82) is 0 Å². The first kappa shape index (κ1) is 7.44. The highest BCUT2D eigenvalue weighted by Crippen LogP contribution is 2.40. The molecule has 14 heavy (non-hydrogen) atoms. The van der Waals surface area contributed by atoms with Crippen LogP contribution in [0.2, 0.25) is 0 Å². The minimum absolute atomic E-state index is 0.794. The van der Waals surface area contributed by atoms with Crippen LogP contribution in [0.4, 0.5) is 11.4 Å². The molecule has 0 atom stereocenters. The third-order valence-electron chi connectivity index (χ3n) is 2.13. The Hall–Kier alpha value is -1.96. The maximum atomic E-state index is 5.66. The monoisotopic (exact) mass is 181 g/mol. The lowest BCUT2D eigenvalue weighted by molar-refractivity contribution is 0.481. The predicted molar refractivity (Wildman–Crippen MR) is 53.9 cm³/mol. The fourth-order valence-corrected chi connectivity index (χ4v) is 1.47. The Labute approximate surface area is 82.1 Å². The fraction of sp³-hybridized carbons (Fsp3) is 0. The fourth-order valence-electron chi connectivity index (χ4n) is 1.47. The van der Waals surface area contributed by atoms with Crippen molar-refractivity contribution < 1.29 is 4.74 Å². The Morgan fingerprint density at radius 3 is 3.00 bits per heavy atom. The lowest BCUT2D eigenvalue weighted by Gasteiger charge is -2.20. The second kappa shape index (κ2) is 2.77. The van der Waals surface area contributed by atoms with Crippen LogP contribution >= 0.6 is 0 Å². The van der Waals surface area contributed by atoms with Crippen LogP contribution in [0, 0.1) is 12.1 Å². The van der Waals surface area contributed by atoms with Gasteiger partial charge in [-0.15, -0.1) is 0 Å². The largest absolute Gasteiger partial charge is 0.453 e. The van der Waals surface area contributed by atoms with Crippen molar-refractivity contribution in [3.63, 3.8) is 0 Å². The summed E-state index contributed by atoms with van der Waals surface area (Å²) >= 11 is 0. The quantitative estimate of drug-likeness (QED) is 0.575. The molecule has 2 nitrogen and oxygen atoms in total. The Kier molecular flexibility index (Phi) is 1.47. The maximum absolute atomic E-state index is 5.66. The summed E-state index contributed by atoms with van der Waals surface area (Å²) < 4.78 is 5.66. The maximum Gasteiger partial charge on any atom is 0.151 e. The highest BCUT2D eigenvalue weighted by Gasteiger charge is 2.14. The molecule has 66 valence electrons. The highest BCUT2D eigenvalue weighted by molar-refractivity contribution is 5.74. The van der Waals surface area contributed by atoms with Gasteiger partial charge in [0.2, 0.25) is 0 Å². The summed E-state index contributed by atoms with van der Waals surface area (Å²) in [4.78, 5) is 0. The van der Waals surface area contributed by atoms with Gasteiger partial charge in [-0.1, -0.05) is 12.1 Å². The molecule has 0 unspecified atom stereocenters. The van der Waals surface area contributed by atoms with Crippen LogP contribution in [0.1, 0.15) is 0 Å². The first-order chi connectivity index (χ1) is 6.93. The summed E-state index contributed by atoms with van der Waals surface area (Å²) in [6.45, 7) is 0. The van der Waals surface area contributed by atoms with Gasteiger partial charge in [0.15, 0.2) is 11.5 Å². The second-order valence-electron chi connectivity index (χ2n) is 3.07. The van der Waals surface area contributed by atoms with Crippen molar-refractivity contribution in [2.24, 2.45) is 0 Å². The van der Waals surface area contributed by atoms with E-state index in [1.165, 1.54) is 0 Å². The van der Waals surface area contributed by atoms with Gasteiger partial charge in [-0.05, 0) is 30.3 Å². The van der Waals surface area contributed by atoms with Crippen LogP contribution in [-0.2, 0) is 0 Å². The van der Waals surface area contributed by atoms with Gasteiger partial charge in [0, 0.05) is 6.07 Å². The van der Waals surface area contributed by atoms with Gasteiger partial charge in [0.25, 0.3) is 0 Å². The minimum Gasteiger partial charge on any atom is -0.453 e. The smallest absolute Gasteiger partial charge is 0.151 e. The van der Waals surface area contributed by atoms with E-state index in [0.717, 1.165) is 22.9 Å². The van der Waals surface area contributed by atoms with Gasteiger partial charge in [-0.25, -0.2) is 0 Å². The molecule has 1 aliphatic heterocycles. The molecule has 0 aromatic heterocycles. The lowest BCUT2D eigenvalue weighted by atomic mass is 10.2. The number of anilines is 2. The molecule has 3 rings (SSSR count). The van der Waals surface area contributed by atoms with Crippen molar-refractivity contribution >= 4 is 11.4 Å². The number of benzene rings is 2. The summed E-state index contributed by atoms with van der Waals surface area (Å²) in [5.74, 6) is 1.64. The molecule has 0 bridgehead atoms. The van der Waals surface area contributed by atoms with E-state index in [9.17, 15) is 0 Å². The standard InChI is InChI=1S/C12H7NO/c1-3-7-11-9(5-1)13-10-6-2-4-8-12(10)14-11/h1,3-5,7-8,13H. The molecule has 0 saturated heterocycles. The molecule has 0 saturated carbocycles. The Balaban J connectivity index is 2.12. The third kappa shape index (κ3) is 1.04. The first-order valence-electron chi connectivity index (χ1n) is 4.40. The first-order valence-corrected chi connectivity index (χ1v) is 4.40. The third-order valence-corrected chi connectivity index (χ3v) is 2.13. The molecule has 0 spiro atoms. The molecular weight excluding hydrogens is 174 g/mol. The zero-order valence-electron chi connectivity index (χ0n) is 7.37. The molecule has 0 aliphatic carbocycles. The van der Waals surface area contributed by atoms with Crippen molar-refractivity contribution in [3.05, 3.63) is 48.5 Å². The molecule has 2 heteroatoms. The van der Waals surface area contributed by atoms with Crippen LogP contribution in [0.3, 0.4) is 0 Å². The zero-order chi connectivity index (χ0) is 9.38. The molecule has 2 aromatic rings. The van der Waals surface area contributed by atoms with Gasteiger partial charge < -0.3 is 10.1 Å². The molecule has 1 N–H and O–H groups in total. The molecule has 1 heterocycles. The molecule has 1 aliphatic rings. The number of fused-ring (bicyclic) bond motifs is 2. The summed E-state index contributed by atoms with van der Waals surface area (Å²) in [6, 6.07) is 17.3. The van der Waals surface area contributed by atoms with Gasteiger partial charge >= 0.3 is 0 Å². The van der Waals surface area contributed by atoms with Gasteiger partial charge in [0.05, 0.1) is 11.4 Å². The van der Waals surface area contributed by atoms with E-state index in [-0.39, 0.29) is 0 Å². The molecule has 2 radical (unpaired) electrons. The van der Waals surface area contributed by atoms with E-state index < -0.39 is 0 Å². The van der Waals surface area contributed by atoms with Crippen molar-refractivity contribution in [3.8, 4) is 11.5 Å². The van der Waals surface area contributed by atoms with Crippen LogP contribution in [0.15, 0.2) is 36.4 Å². The van der Waals surface area contributed by atoms with Crippen molar-refractivity contribution in [2.45, 2.75) is 0 Å². The van der Waals surface area contributed by atoms with E-state index in [4.69, 9.17) is 4.74 Å². The zero-order valence-corrected chi connectivity index (χ0v) is 7.37. The van der Waals surface area contributed by atoms with Gasteiger partial charge in [0.1, 0.15) is 0 Å². The van der Waals surface area contributed by atoms with Crippen LogP contribution < -0.4 is 10.1 Å². The van der Waals surface area contributed by atoms with E-state index in [2.05, 4.69) is 17.4 Å². The number of hydrogen-bond acceptors (Lipinski definition) is 2. The number of ether oxygens (including phenoxy) is 1. The summed E-state index contributed by atoms with van der Waals surface area (Å²) in [5.41, 5.74) is 1.81. The average molecular weight is 181 g/mol. The summed E-state index contributed by atoms with van der Waals surface area (Å²) in [5, 5.41) is 3.23. The Bertz CT molecular complexity index is 392. The highest BCUT2D eigenvalue weighted by atomic mass is 16.5. The van der Waals surface area contributed by atoms with Gasteiger partial charge in [-0.3, -0.25) is 0 Å². The van der Waals surface area contributed by atoms with E-state index >= 15 is 0 Å². The lowest BCUT2D eigenvalue weighted by Crippen LogP contribution is -2.01. The molecule has 2 aromatic carbocycles. The number of nitrogens with one attached hydrogen (secondary N) is 1. The Morgan fingerprint density at radius 1 is 1.07 bits per heavy atom. The van der Waals surface area contributed by atoms with E-state index in [0.29, 0.717) is 0 Å². The molecule has 0 amide bonds.